The molecule has 1 saturated heterocycles. The predicted molar refractivity (Wildman–Crippen MR) is 109 cm³/mol. The summed E-state index contributed by atoms with van der Waals surface area (Å²) in [7, 11) is 0. The molecule has 2 aromatic carbocycles. The molecule has 0 aliphatic carbocycles. The van der Waals surface area contributed by atoms with Crippen molar-refractivity contribution < 1.29 is 9.18 Å². The van der Waals surface area contributed by atoms with Gasteiger partial charge in [-0.3, -0.25) is 14.7 Å². The van der Waals surface area contributed by atoms with Gasteiger partial charge in [0, 0.05) is 49.3 Å². The van der Waals surface area contributed by atoms with Crippen LogP contribution in [0.4, 0.5) is 4.39 Å². The second kappa shape index (κ2) is 8.25. The summed E-state index contributed by atoms with van der Waals surface area (Å²) in [4.78, 5) is 21.1. The predicted octanol–water partition coefficient (Wildman–Crippen LogP) is 3.91. The van der Waals surface area contributed by atoms with Crippen LogP contribution in [-0.4, -0.2) is 46.9 Å². The molecule has 4 rings (SSSR count). The van der Waals surface area contributed by atoms with Crippen LogP contribution in [0.2, 0.25) is 5.02 Å². The summed E-state index contributed by atoms with van der Waals surface area (Å²) in [5, 5.41) is 1.18. The fraction of sp³-hybridized carbons (Fsp3) is 0.273. The molecule has 3 aromatic rings. The summed E-state index contributed by atoms with van der Waals surface area (Å²) in [6.07, 6.45) is 2.02. The number of amides is 1. The number of hydrogen-bond donors (Lipinski definition) is 0. The Hall–Kier alpha value is -2.50. The van der Waals surface area contributed by atoms with Crippen molar-refractivity contribution in [1.82, 2.24) is 14.8 Å². The summed E-state index contributed by atoms with van der Waals surface area (Å²) in [5.74, 6) is -0.150. The third-order valence-electron chi connectivity index (χ3n) is 5.22. The number of piperazine rings is 1. The molecule has 1 fully saturated rings. The maximum absolute atomic E-state index is 14.0. The fourth-order valence-corrected chi connectivity index (χ4v) is 3.84. The molecule has 0 unspecified atom stereocenters. The van der Waals surface area contributed by atoms with E-state index in [4.69, 9.17) is 11.6 Å². The summed E-state index contributed by atoms with van der Waals surface area (Å²) in [6, 6.07) is 14.3. The summed E-state index contributed by atoms with van der Waals surface area (Å²) >= 11 is 6.17. The number of hydrogen-bond acceptors (Lipinski definition) is 3. The highest BCUT2D eigenvalue weighted by Gasteiger charge is 2.22. The standard InChI is InChI=1S/C22H21ClFN3O/c23-19-6-2-1-4-16(19)14-21(28)27-12-10-26(11-13-27)15-17-7-8-20(24)18-5-3-9-25-22(17)18/h1-9H,10-15H2. The van der Waals surface area contributed by atoms with Gasteiger partial charge in [-0.15, -0.1) is 0 Å². The van der Waals surface area contributed by atoms with Crippen LogP contribution in [0, 0.1) is 5.82 Å². The van der Waals surface area contributed by atoms with Gasteiger partial charge < -0.3 is 4.90 Å². The largest absolute Gasteiger partial charge is 0.340 e. The average molecular weight is 398 g/mol. The fourth-order valence-electron chi connectivity index (χ4n) is 3.64. The van der Waals surface area contributed by atoms with Gasteiger partial charge in [-0.05, 0) is 35.4 Å². The van der Waals surface area contributed by atoms with Crippen molar-refractivity contribution in [2.75, 3.05) is 26.2 Å². The van der Waals surface area contributed by atoms with Crippen LogP contribution >= 0.6 is 11.6 Å². The van der Waals surface area contributed by atoms with Gasteiger partial charge in [0.1, 0.15) is 5.82 Å². The van der Waals surface area contributed by atoms with E-state index in [1.54, 1.807) is 24.4 Å². The molecule has 0 radical (unpaired) electrons. The zero-order valence-corrected chi connectivity index (χ0v) is 16.2. The van der Waals surface area contributed by atoms with Crippen molar-refractivity contribution >= 4 is 28.4 Å². The van der Waals surface area contributed by atoms with Crippen molar-refractivity contribution in [2.45, 2.75) is 13.0 Å². The lowest BCUT2D eigenvalue weighted by molar-refractivity contribution is -0.132. The first-order valence-corrected chi connectivity index (χ1v) is 9.75. The number of rotatable bonds is 4. The Balaban J connectivity index is 1.38. The van der Waals surface area contributed by atoms with E-state index in [1.807, 2.05) is 29.2 Å². The van der Waals surface area contributed by atoms with Crippen LogP contribution in [0.15, 0.2) is 54.7 Å². The van der Waals surface area contributed by atoms with Gasteiger partial charge in [-0.1, -0.05) is 35.9 Å². The molecule has 0 atom stereocenters. The first-order chi connectivity index (χ1) is 13.6. The highest BCUT2D eigenvalue weighted by atomic mass is 35.5. The molecule has 0 saturated carbocycles. The SMILES string of the molecule is O=C(Cc1ccccc1Cl)N1CCN(Cc2ccc(F)c3cccnc23)CC1. The van der Waals surface area contributed by atoms with E-state index >= 15 is 0 Å². The summed E-state index contributed by atoms with van der Waals surface area (Å²) in [6.45, 7) is 3.60. The maximum Gasteiger partial charge on any atom is 0.227 e. The van der Waals surface area contributed by atoms with Gasteiger partial charge in [-0.25, -0.2) is 4.39 Å². The van der Waals surface area contributed by atoms with Gasteiger partial charge in [0.05, 0.1) is 11.9 Å². The highest BCUT2D eigenvalue weighted by Crippen LogP contribution is 2.22. The molecule has 2 heterocycles. The van der Waals surface area contributed by atoms with Crippen molar-refractivity contribution in [1.29, 1.82) is 0 Å². The molecule has 1 amide bonds. The minimum atomic E-state index is -0.248. The van der Waals surface area contributed by atoms with Crippen molar-refractivity contribution in [3.8, 4) is 0 Å². The number of fused-ring (bicyclic) bond motifs is 1. The van der Waals surface area contributed by atoms with Crippen LogP contribution in [0.5, 0.6) is 0 Å². The van der Waals surface area contributed by atoms with E-state index in [-0.39, 0.29) is 11.7 Å². The van der Waals surface area contributed by atoms with E-state index < -0.39 is 0 Å². The zero-order valence-electron chi connectivity index (χ0n) is 15.4. The Labute approximate surface area is 168 Å². The summed E-state index contributed by atoms with van der Waals surface area (Å²) < 4.78 is 14.0. The smallest absolute Gasteiger partial charge is 0.227 e. The Morgan fingerprint density at radius 2 is 1.79 bits per heavy atom. The van der Waals surface area contributed by atoms with Crippen molar-refractivity contribution in [3.05, 3.63) is 76.7 Å². The van der Waals surface area contributed by atoms with E-state index in [9.17, 15) is 9.18 Å². The topological polar surface area (TPSA) is 36.4 Å². The molecule has 28 heavy (non-hydrogen) atoms. The van der Waals surface area contributed by atoms with E-state index in [1.165, 1.54) is 6.07 Å². The third-order valence-corrected chi connectivity index (χ3v) is 5.59. The summed E-state index contributed by atoms with van der Waals surface area (Å²) in [5.41, 5.74) is 2.58. The van der Waals surface area contributed by atoms with Crippen LogP contribution < -0.4 is 0 Å². The molecule has 0 spiro atoms. The number of halogens is 2. The van der Waals surface area contributed by atoms with E-state index in [2.05, 4.69) is 9.88 Å². The maximum atomic E-state index is 14.0. The number of pyridine rings is 1. The van der Waals surface area contributed by atoms with Crippen LogP contribution in [-0.2, 0) is 17.8 Å². The first-order valence-electron chi connectivity index (χ1n) is 9.37. The van der Waals surface area contributed by atoms with Gasteiger partial charge >= 0.3 is 0 Å². The molecular formula is C22H21ClFN3O. The van der Waals surface area contributed by atoms with E-state index in [0.29, 0.717) is 42.0 Å². The number of carbonyl (C=O) groups excluding carboxylic acids is 1. The second-order valence-electron chi connectivity index (χ2n) is 7.03. The van der Waals surface area contributed by atoms with Gasteiger partial charge in [0.15, 0.2) is 0 Å². The number of nitrogens with zero attached hydrogens (tertiary/aromatic N) is 3. The Morgan fingerprint density at radius 3 is 2.57 bits per heavy atom. The van der Waals surface area contributed by atoms with E-state index in [0.717, 1.165) is 24.2 Å². The lowest BCUT2D eigenvalue weighted by Crippen LogP contribution is -2.48. The normalized spacial score (nSPS) is 15.1. The quantitative estimate of drug-likeness (QED) is 0.669. The molecule has 1 aromatic heterocycles. The number of carbonyl (C=O) groups is 1. The molecule has 1 aliphatic heterocycles. The van der Waals surface area contributed by atoms with Gasteiger partial charge in [0.2, 0.25) is 5.91 Å². The Bertz CT molecular complexity index is 1000. The highest BCUT2D eigenvalue weighted by molar-refractivity contribution is 6.31. The lowest BCUT2D eigenvalue weighted by atomic mass is 10.1. The Morgan fingerprint density at radius 1 is 1.00 bits per heavy atom. The number of benzene rings is 2. The Kier molecular flexibility index (Phi) is 5.55. The van der Waals surface area contributed by atoms with Crippen LogP contribution in [0.25, 0.3) is 10.9 Å². The number of aromatic nitrogens is 1. The molecule has 0 N–H and O–H groups in total. The average Bonchev–Trinajstić information content (AvgIpc) is 2.72. The van der Waals surface area contributed by atoms with Crippen LogP contribution in [0.3, 0.4) is 0 Å². The first kappa shape index (κ1) is 18.8. The molecule has 1 aliphatic rings. The minimum absolute atomic E-state index is 0.0987. The lowest BCUT2D eigenvalue weighted by Gasteiger charge is -2.35. The minimum Gasteiger partial charge on any atom is -0.340 e. The van der Waals surface area contributed by atoms with Gasteiger partial charge in [-0.2, -0.15) is 0 Å². The molecule has 6 heteroatoms. The molecule has 4 nitrogen and oxygen atoms in total. The van der Waals surface area contributed by atoms with Crippen LogP contribution in [0.1, 0.15) is 11.1 Å². The monoisotopic (exact) mass is 397 g/mol. The zero-order chi connectivity index (χ0) is 19.5. The molecule has 0 bridgehead atoms. The second-order valence-corrected chi connectivity index (χ2v) is 7.44. The van der Waals surface area contributed by atoms with Gasteiger partial charge in [0.25, 0.3) is 0 Å². The van der Waals surface area contributed by atoms with Crippen molar-refractivity contribution in [3.63, 3.8) is 0 Å². The molecular weight excluding hydrogens is 377 g/mol. The third kappa shape index (κ3) is 4.01. The molecule has 144 valence electrons. The van der Waals surface area contributed by atoms with Crippen molar-refractivity contribution in [2.24, 2.45) is 0 Å².